The van der Waals surface area contributed by atoms with Crippen LogP contribution in [0.1, 0.15) is 70.4 Å². The van der Waals surface area contributed by atoms with Gasteiger partial charge in [0.15, 0.2) is 0 Å². The Hall–Kier alpha value is -3.89. The van der Waals surface area contributed by atoms with Gasteiger partial charge < -0.3 is 29.7 Å². The maximum Gasteiger partial charge on any atom is 0.410 e. The summed E-state index contributed by atoms with van der Waals surface area (Å²) in [5, 5.41) is 5.26. The molecule has 17 heteroatoms. The van der Waals surface area contributed by atoms with Crippen molar-refractivity contribution < 1.29 is 46.6 Å². The average Bonchev–Trinajstić information content (AvgIpc) is 3.93. The Morgan fingerprint density at radius 3 is 2.59 bits per heavy atom. The topological polar surface area (TPSA) is 190 Å². The van der Waals surface area contributed by atoms with Crippen LogP contribution >= 0.6 is 11.6 Å². The van der Waals surface area contributed by atoms with Crippen molar-refractivity contribution >= 4 is 51.5 Å². The van der Waals surface area contributed by atoms with Crippen LogP contribution in [0.3, 0.4) is 0 Å². The summed E-state index contributed by atoms with van der Waals surface area (Å²) in [6.45, 7) is 5.80. The fourth-order valence-corrected chi connectivity index (χ4v) is 8.35. The fraction of sp³-hybridized carbons (Fsp3) is 0.618. The molecule has 6 rings (SSSR count). The number of carbonyl (C=O) groups is 5. The Morgan fingerprint density at radius 1 is 1.12 bits per heavy atom. The molecule has 1 aromatic carbocycles. The number of carbonyl (C=O) groups excluding carboxylic acids is 5. The Bertz CT molecular complexity index is 1730. The van der Waals surface area contributed by atoms with E-state index in [1.165, 1.54) is 9.80 Å². The summed E-state index contributed by atoms with van der Waals surface area (Å²) in [6, 6.07) is 3.06. The first-order valence-electron chi connectivity index (χ1n) is 17.2. The highest BCUT2D eigenvalue weighted by atomic mass is 35.5. The molecule has 2 aliphatic carbocycles. The standard InChI is InChI=1S/C34H44ClN5O10S/c1-33(2,3)50-31(44)36-26-10-6-14-48-13-5-8-21-16-34(21,30(43)38-51(46,47)23-11-12-23)37-28(41)27-15-22(18-40(27)29(26)42)49-32(45)39-17-20-7-4-9-25(35)24(20)19-39/h4-5,7-9,21-23,26-27H,6,10-19H2,1-3H3,(H,36,44)(H,37,41)(H,38,43)/b8-5-/t21-,22-,26+,27+,34-/m1/s1. The molecule has 3 aliphatic heterocycles. The van der Waals surface area contributed by atoms with Gasteiger partial charge in [0.05, 0.1) is 24.9 Å². The molecule has 3 fully saturated rings. The van der Waals surface area contributed by atoms with Gasteiger partial charge in [0.25, 0.3) is 5.91 Å². The quantitative estimate of drug-likeness (QED) is 0.378. The smallest absolute Gasteiger partial charge is 0.410 e. The molecule has 15 nitrogen and oxygen atoms in total. The van der Waals surface area contributed by atoms with E-state index in [0.29, 0.717) is 24.3 Å². The molecule has 3 heterocycles. The summed E-state index contributed by atoms with van der Waals surface area (Å²) < 4.78 is 44.6. The summed E-state index contributed by atoms with van der Waals surface area (Å²) >= 11 is 6.34. The maximum absolute atomic E-state index is 14.3. The van der Waals surface area contributed by atoms with Crippen molar-refractivity contribution in [2.45, 2.75) is 107 Å². The van der Waals surface area contributed by atoms with Gasteiger partial charge in [-0.25, -0.2) is 18.0 Å². The molecule has 0 aromatic heterocycles. The Morgan fingerprint density at radius 2 is 1.88 bits per heavy atom. The number of sulfonamides is 1. The van der Waals surface area contributed by atoms with Crippen molar-refractivity contribution in [3.8, 4) is 0 Å². The number of hydrogen-bond donors (Lipinski definition) is 3. The minimum Gasteiger partial charge on any atom is -0.444 e. The molecular weight excluding hydrogens is 706 g/mol. The Kier molecular flexibility index (Phi) is 10.3. The highest BCUT2D eigenvalue weighted by molar-refractivity contribution is 7.91. The fourth-order valence-electron chi connectivity index (χ4n) is 6.74. The summed E-state index contributed by atoms with van der Waals surface area (Å²) in [4.78, 5) is 70.9. The van der Waals surface area contributed by atoms with E-state index in [9.17, 15) is 32.4 Å². The summed E-state index contributed by atoms with van der Waals surface area (Å²) in [5.74, 6) is -2.73. The molecule has 5 amide bonds. The third-order valence-corrected chi connectivity index (χ3v) is 11.8. The van der Waals surface area contributed by atoms with Crippen molar-refractivity contribution in [2.75, 3.05) is 19.8 Å². The lowest BCUT2D eigenvalue weighted by Crippen LogP contribution is -2.58. The second-order valence-electron chi connectivity index (χ2n) is 14.8. The minimum absolute atomic E-state index is 0.105. The van der Waals surface area contributed by atoms with Crippen molar-refractivity contribution in [3.05, 3.63) is 46.5 Å². The van der Waals surface area contributed by atoms with Crippen molar-refractivity contribution in [2.24, 2.45) is 5.92 Å². The van der Waals surface area contributed by atoms with Crippen LogP contribution in [0.25, 0.3) is 0 Å². The zero-order chi connectivity index (χ0) is 36.7. The maximum atomic E-state index is 14.3. The van der Waals surface area contributed by atoms with E-state index >= 15 is 0 Å². The predicted octanol–water partition coefficient (Wildman–Crippen LogP) is 2.50. The van der Waals surface area contributed by atoms with Crippen LogP contribution in [0.4, 0.5) is 9.59 Å². The van der Waals surface area contributed by atoms with E-state index < -0.39 is 80.4 Å². The van der Waals surface area contributed by atoms with E-state index in [4.69, 9.17) is 25.8 Å². The number of rotatable bonds is 5. The number of halogens is 1. The molecule has 3 N–H and O–H groups in total. The SMILES string of the molecule is CC(C)(C)OC(=O)N[C@H]1CCCOC/C=C\[C@@H]2C[C@@]2(C(=O)NS(=O)(=O)C2CC2)NC(=O)[C@@H]2C[C@@H](OC(=O)N3Cc4cccc(Cl)c4C3)CN2C1=O. The second kappa shape index (κ2) is 14.3. The van der Waals surface area contributed by atoms with Crippen LogP contribution in [-0.2, 0) is 51.7 Å². The van der Waals surface area contributed by atoms with Gasteiger partial charge in [0.1, 0.15) is 29.3 Å². The van der Waals surface area contributed by atoms with Gasteiger partial charge in [-0.2, -0.15) is 0 Å². The zero-order valence-electron chi connectivity index (χ0n) is 28.8. The van der Waals surface area contributed by atoms with Crippen LogP contribution in [0.15, 0.2) is 30.4 Å². The number of nitrogens with one attached hydrogen (secondary N) is 3. The molecule has 0 spiro atoms. The molecule has 5 aliphatic rings. The number of benzene rings is 1. The molecule has 0 bridgehead atoms. The molecule has 5 atom stereocenters. The van der Waals surface area contributed by atoms with Crippen molar-refractivity contribution in [1.82, 2.24) is 25.2 Å². The van der Waals surface area contributed by atoms with E-state index in [0.717, 1.165) is 11.1 Å². The third kappa shape index (κ3) is 8.44. The van der Waals surface area contributed by atoms with Crippen LogP contribution in [0, 0.1) is 5.92 Å². The van der Waals surface area contributed by atoms with Gasteiger partial charge in [0.2, 0.25) is 21.8 Å². The second-order valence-corrected chi connectivity index (χ2v) is 17.1. The van der Waals surface area contributed by atoms with Crippen LogP contribution in [0.5, 0.6) is 0 Å². The van der Waals surface area contributed by atoms with Gasteiger partial charge >= 0.3 is 12.2 Å². The largest absolute Gasteiger partial charge is 0.444 e. The lowest BCUT2D eigenvalue weighted by Gasteiger charge is -2.30. The van der Waals surface area contributed by atoms with Gasteiger partial charge in [-0.1, -0.05) is 35.9 Å². The number of nitrogens with zero attached hydrogens (tertiary/aromatic N) is 2. The molecule has 1 saturated heterocycles. The number of ether oxygens (including phenoxy) is 3. The van der Waals surface area contributed by atoms with Crippen LogP contribution in [-0.4, -0.2) is 102 Å². The molecule has 0 unspecified atom stereocenters. The minimum atomic E-state index is -3.93. The van der Waals surface area contributed by atoms with Gasteiger partial charge in [-0.15, -0.1) is 0 Å². The van der Waals surface area contributed by atoms with Crippen LogP contribution < -0.4 is 15.4 Å². The van der Waals surface area contributed by atoms with Crippen molar-refractivity contribution in [1.29, 1.82) is 0 Å². The molecular formula is C34H44ClN5O10S. The number of hydrogen-bond acceptors (Lipinski definition) is 10. The number of amides is 5. The molecule has 0 radical (unpaired) electrons. The van der Waals surface area contributed by atoms with E-state index in [2.05, 4.69) is 15.4 Å². The number of fused-ring (bicyclic) bond motifs is 3. The Balaban J connectivity index is 1.25. The molecule has 2 saturated carbocycles. The molecule has 278 valence electrons. The van der Waals surface area contributed by atoms with Gasteiger partial charge in [-0.05, 0) is 70.1 Å². The highest BCUT2D eigenvalue weighted by Gasteiger charge is 2.62. The van der Waals surface area contributed by atoms with E-state index in [-0.39, 0.29) is 52.1 Å². The van der Waals surface area contributed by atoms with Crippen molar-refractivity contribution in [3.63, 3.8) is 0 Å². The summed E-state index contributed by atoms with van der Waals surface area (Å²) in [6.07, 6.45) is 2.43. The van der Waals surface area contributed by atoms with Crippen LogP contribution in [0.2, 0.25) is 5.02 Å². The lowest BCUT2D eigenvalue weighted by molar-refractivity contribution is -0.141. The summed E-state index contributed by atoms with van der Waals surface area (Å²) in [7, 11) is -3.93. The third-order valence-electron chi connectivity index (χ3n) is 9.62. The predicted molar refractivity (Wildman–Crippen MR) is 183 cm³/mol. The average molecular weight is 750 g/mol. The van der Waals surface area contributed by atoms with Gasteiger partial charge in [-0.3, -0.25) is 24.0 Å². The first kappa shape index (κ1) is 36.9. The first-order valence-corrected chi connectivity index (χ1v) is 19.1. The van der Waals surface area contributed by atoms with E-state index in [1.807, 2.05) is 6.07 Å². The van der Waals surface area contributed by atoms with Gasteiger partial charge in [0, 0.05) is 30.5 Å². The zero-order valence-corrected chi connectivity index (χ0v) is 30.4. The summed E-state index contributed by atoms with van der Waals surface area (Å²) in [5.41, 5.74) is -0.744. The first-order chi connectivity index (χ1) is 24.1. The highest BCUT2D eigenvalue weighted by Crippen LogP contribution is 2.46. The molecule has 51 heavy (non-hydrogen) atoms. The van der Waals surface area contributed by atoms with E-state index in [1.54, 1.807) is 45.1 Å². The number of alkyl carbamates (subject to hydrolysis) is 1. The molecule has 1 aromatic rings. The monoisotopic (exact) mass is 749 g/mol. The normalized spacial score (nSPS) is 28.9. The Labute approximate surface area is 301 Å². The lowest BCUT2D eigenvalue weighted by atomic mass is 10.1.